The van der Waals surface area contributed by atoms with Crippen molar-refractivity contribution in [3.05, 3.63) is 42.0 Å². The minimum Gasteiger partial charge on any atom is -0.497 e. The van der Waals surface area contributed by atoms with Crippen molar-refractivity contribution in [2.45, 2.75) is 27.2 Å². The smallest absolute Gasteiger partial charge is 0.230 e. The van der Waals surface area contributed by atoms with Crippen molar-refractivity contribution in [2.24, 2.45) is 5.41 Å². The Labute approximate surface area is 142 Å². The molecule has 2 N–H and O–H groups in total. The summed E-state index contributed by atoms with van der Waals surface area (Å²) in [6, 6.07) is 11.5. The Morgan fingerprint density at radius 2 is 1.67 bits per heavy atom. The van der Waals surface area contributed by atoms with E-state index in [0.29, 0.717) is 11.6 Å². The lowest BCUT2D eigenvalue weighted by Gasteiger charge is -2.16. The maximum absolute atomic E-state index is 11.9. The van der Waals surface area contributed by atoms with E-state index in [1.54, 1.807) is 19.2 Å². The van der Waals surface area contributed by atoms with Crippen LogP contribution >= 0.6 is 0 Å². The van der Waals surface area contributed by atoms with Crippen molar-refractivity contribution in [1.82, 2.24) is 10.2 Å². The lowest BCUT2D eigenvalue weighted by atomic mass is 9.96. The zero-order valence-corrected chi connectivity index (χ0v) is 14.6. The number of nitrogens with zero attached hydrogens (tertiary/aromatic N) is 2. The Bertz CT molecular complexity index is 661. The number of carbonyl (C=O) groups is 1. The minimum atomic E-state index is -0.461. The topological polar surface area (TPSA) is 76.1 Å². The molecular weight excluding hydrogens is 304 g/mol. The third-order valence-corrected chi connectivity index (χ3v) is 3.47. The molecule has 0 aliphatic rings. The second-order valence-electron chi connectivity index (χ2n) is 6.53. The number of benzene rings is 1. The van der Waals surface area contributed by atoms with Crippen LogP contribution in [-0.2, 0) is 11.2 Å². The highest BCUT2D eigenvalue weighted by molar-refractivity contribution is 5.93. The molecule has 24 heavy (non-hydrogen) atoms. The molecule has 1 aromatic carbocycles. The van der Waals surface area contributed by atoms with Gasteiger partial charge in [-0.15, -0.1) is 10.2 Å². The van der Waals surface area contributed by atoms with Gasteiger partial charge in [0.05, 0.1) is 7.11 Å². The highest BCUT2D eigenvalue weighted by atomic mass is 16.5. The summed E-state index contributed by atoms with van der Waals surface area (Å²) in [6.07, 6.45) is 0.869. The van der Waals surface area contributed by atoms with E-state index in [9.17, 15) is 4.79 Å². The molecule has 0 atom stereocenters. The third-order valence-electron chi connectivity index (χ3n) is 3.47. The second kappa shape index (κ2) is 7.77. The van der Waals surface area contributed by atoms with Gasteiger partial charge in [0.1, 0.15) is 11.6 Å². The van der Waals surface area contributed by atoms with Gasteiger partial charge in [0.15, 0.2) is 5.82 Å². The molecule has 128 valence electrons. The Kier molecular flexibility index (Phi) is 5.73. The fourth-order valence-corrected chi connectivity index (χ4v) is 1.92. The van der Waals surface area contributed by atoms with Crippen molar-refractivity contribution in [3.8, 4) is 5.75 Å². The van der Waals surface area contributed by atoms with Crippen LogP contribution in [0.4, 0.5) is 11.6 Å². The predicted molar refractivity (Wildman–Crippen MR) is 95.3 cm³/mol. The van der Waals surface area contributed by atoms with Gasteiger partial charge < -0.3 is 15.4 Å². The molecule has 6 nitrogen and oxygen atoms in total. The van der Waals surface area contributed by atoms with Gasteiger partial charge in [-0.2, -0.15) is 0 Å². The number of hydrogen-bond donors (Lipinski definition) is 2. The summed E-state index contributed by atoms with van der Waals surface area (Å²) in [5.74, 6) is 1.90. The van der Waals surface area contributed by atoms with Crippen LogP contribution in [0.2, 0.25) is 0 Å². The Balaban J connectivity index is 1.82. The van der Waals surface area contributed by atoms with Crippen molar-refractivity contribution in [1.29, 1.82) is 0 Å². The van der Waals surface area contributed by atoms with Gasteiger partial charge in [0.2, 0.25) is 5.91 Å². The molecule has 1 aromatic heterocycles. The number of amides is 1. The summed E-state index contributed by atoms with van der Waals surface area (Å²) in [6.45, 7) is 6.30. The molecule has 0 saturated carbocycles. The molecule has 1 amide bonds. The Morgan fingerprint density at radius 3 is 2.21 bits per heavy atom. The van der Waals surface area contributed by atoms with Crippen LogP contribution < -0.4 is 15.4 Å². The maximum atomic E-state index is 11.9. The molecule has 0 radical (unpaired) electrons. The summed E-state index contributed by atoms with van der Waals surface area (Å²) in [5.41, 5.74) is 0.752. The highest BCUT2D eigenvalue weighted by Crippen LogP contribution is 2.16. The van der Waals surface area contributed by atoms with E-state index < -0.39 is 5.41 Å². The van der Waals surface area contributed by atoms with E-state index in [1.165, 1.54) is 5.56 Å². The number of anilines is 2. The van der Waals surface area contributed by atoms with Crippen LogP contribution in [0.15, 0.2) is 36.4 Å². The fraction of sp³-hybridized carbons (Fsp3) is 0.389. The molecule has 0 fully saturated rings. The summed E-state index contributed by atoms with van der Waals surface area (Å²) < 4.78 is 5.14. The van der Waals surface area contributed by atoms with Crippen LogP contribution in [0.3, 0.4) is 0 Å². The van der Waals surface area contributed by atoms with Crippen LogP contribution in [0.25, 0.3) is 0 Å². The molecule has 0 aliphatic carbocycles. The highest BCUT2D eigenvalue weighted by Gasteiger charge is 2.21. The normalized spacial score (nSPS) is 11.0. The van der Waals surface area contributed by atoms with Crippen molar-refractivity contribution >= 4 is 17.5 Å². The predicted octanol–water partition coefficient (Wildman–Crippen LogP) is 3.12. The molecule has 6 heteroatoms. The molecule has 0 bridgehead atoms. The first kappa shape index (κ1) is 17.7. The summed E-state index contributed by atoms with van der Waals surface area (Å²) in [5, 5.41) is 14.1. The molecule has 2 aromatic rings. The minimum absolute atomic E-state index is 0.0861. The van der Waals surface area contributed by atoms with E-state index in [2.05, 4.69) is 20.8 Å². The average molecular weight is 328 g/mol. The third kappa shape index (κ3) is 5.22. The molecular formula is C18H24N4O2. The molecule has 0 spiro atoms. The number of carbonyl (C=O) groups excluding carboxylic acids is 1. The van der Waals surface area contributed by atoms with Gasteiger partial charge in [-0.25, -0.2) is 0 Å². The van der Waals surface area contributed by atoms with E-state index in [1.807, 2.05) is 45.0 Å². The van der Waals surface area contributed by atoms with E-state index in [4.69, 9.17) is 4.74 Å². The number of nitrogens with one attached hydrogen (secondary N) is 2. The first-order chi connectivity index (χ1) is 11.4. The summed E-state index contributed by atoms with van der Waals surface area (Å²) in [4.78, 5) is 11.9. The Hall–Kier alpha value is -2.63. The van der Waals surface area contributed by atoms with Crippen molar-refractivity contribution in [3.63, 3.8) is 0 Å². The number of ether oxygens (including phenoxy) is 1. The monoisotopic (exact) mass is 328 g/mol. The largest absolute Gasteiger partial charge is 0.497 e. The van der Waals surface area contributed by atoms with Crippen LogP contribution in [0.1, 0.15) is 26.3 Å². The van der Waals surface area contributed by atoms with Crippen molar-refractivity contribution in [2.75, 3.05) is 24.3 Å². The van der Waals surface area contributed by atoms with Gasteiger partial charge in [0, 0.05) is 12.0 Å². The molecule has 0 saturated heterocycles. The molecule has 2 rings (SSSR count). The standard InChI is InChI=1S/C18H24N4O2/c1-18(2,3)17(23)20-16-10-9-15(21-22-16)19-12-11-13-5-7-14(24-4)8-6-13/h5-10H,11-12H2,1-4H3,(H,19,21)(H,20,22,23). The number of hydrogen-bond acceptors (Lipinski definition) is 5. The molecule has 0 unspecified atom stereocenters. The van der Waals surface area contributed by atoms with Gasteiger partial charge in [-0.05, 0) is 36.2 Å². The molecule has 0 aliphatic heterocycles. The summed E-state index contributed by atoms with van der Waals surface area (Å²) >= 11 is 0. The Morgan fingerprint density at radius 1 is 1.04 bits per heavy atom. The second-order valence-corrected chi connectivity index (χ2v) is 6.53. The lowest BCUT2D eigenvalue weighted by Crippen LogP contribution is -2.28. The number of aromatic nitrogens is 2. The zero-order valence-electron chi connectivity index (χ0n) is 14.6. The summed E-state index contributed by atoms with van der Waals surface area (Å²) in [7, 11) is 1.66. The number of methoxy groups -OCH3 is 1. The fourth-order valence-electron chi connectivity index (χ4n) is 1.92. The maximum Gasteiger partial charge on any atom is 0.230 e. The van der Waals surface area contributed by atoms with E-state index in [0.717, 1.165) is 18.7 Å². The van der Waals surface area contributed by atoms with Crippen LogP contribution in [-0.4, -0.2) is 29.8 Å². The quantitative estimate of drug-likeness (QED) is 0.852. The zero-order chi connectivity index (χ0) is 17.6. The van der Waals surface area contributed by atoms with Gasteiger partial charge in [-0.3, -0.25) is 4.79 Å². The first-order valence-electron chi connectivity index (χ1n) is 7.90. The van der Waals surface area contributed by atoms with Crippen LogP contribution in [0.5, 0.6) is 5.75 Å². The van der Waals surface area contributed by atoms with Crippen LogP contribution in [0, 0.1) is 5.41 Å². The van der Waals surface area contributed by atoms with Gasteiger partial charge in [0.25, 0.3) is 0 Å². The average Bonchev–Trinajstić information content (AvgIpc) is 2.56. The van der Waals surface area contributed by atoms with Crippen molar-refractivity contribution < 1.29 is 9.53 Å². The SMILES string of the molecule is COc1ccc(CCNc2ccc(NC(=O)C(C)(C)C)nn2)cc1. The first-order valence-corrected chi connectivity index (χ1v) is 7.90. The lowest BCUT2D eigenvalue weighted by molar-refractivity contribution is -0.123. The van der Waals surface area contributed by atoms with E-state index >= 15 is 0 Å². The van der Waals surface area contributed by atoms with Gasteiger partial charge in [-0.1, -0.05) is 32.9 Å². The van der Waals surface area contributed by atoms with E-state index in [-0.39, 0.29) is 5.91 Å². The number of rotatable bonds is 6. The van der Waals surface area contributed by atoms with Gasteiger partial charge >= 0.3 is 0 Å². The molecule has 1 heterocycles.